The van der Waals surface area contributed by atoms with Gasteiger partial charge in [0, 0.05) is 37.7 Å². The monoisotopic (exact) mass is 479 g/mol. The van der Waals surface area contributed by atoms with Crippen LogP contribution in [-0.2, 0) is 11.3 Å². The maximum atomic E-state index is 6.20. The molecule has 6 heteroatoms. The lowest BCUT2D eigenvalue weighted by molar-refractivity contribution is -0.0835. The zero-order valence-electron chi connectivity index (χ0n) is 15.6. The summed E-state index contributed by atoms with van der Waals surface area (Å²) in [5, 5.41) is 7.55. The van der Waals surface area contributed by atoms with E-state index in [0.717, 1.165) is 36.1 Å². The number of ether oxygens (including phenoxy) is 1. The first kappa shape index (κ1) is 22.5. The smallest absolute Gasteiger partial charge is 0.191 e. The molecule has 1 aromatic carbocycles. The highest BCUT2D eigenvalue weighted by Crippen LogP contribution is 2.33. The van der Waals surface area contributed by atoms with Gasteiger partial charge in [0.2, 0.25) is 0 Å². The van der Waals surface area contributed by atoms with E-state index in [-0.39, 0.29) is 35.5 Å². The predicted octanol–water partition coefficient (Wildman–Crippen LogP) is 4.46. The van der Waals surface area contributed by atoms with Crippen molar-refractivity contribution in [2.45, 2.75) is 46.3 Å². The molecule has 142 valence electrons. The van der Waals surface area contributed by atoms with Crippen LogP contribution in [0.3, 0.4) is 0 Å². The predicted molar refractivity (Wildman–Crippen MR) is 117 cm³/mol. The van der Waals surface area contributed by atoms with Crippen molar-refractivity contribution < 1.29 is 4.74 Å². The van der Waals surface area contributed by atoms with Gasteiger partial charge in [-0.05, 0) is 29.9 Å². The summed E-state index contributed by atoms with van der Waals surface area (Å²) >= 11 is 6.20. The molecule has 0 radical (unpaired) electrons. The van der Waals surface area contributed by atoms with E-state index in [0.29, 0.717) is 12.5 Å². The SMILES string of the molecule is CN=C(NCc1ccccc1Cl)NCC1CCCOC1C(C)(C)C.I. The van der Waals surface area contributed by atoms with Crippen molar-refractivity contribution in [2.24, 2.45) is 16.3 Å². The van der Waals surface area contributed by atoms with Crippen LogP contribution in [0.2, 0.25) is 5.02 Å². The maximum absolute atomic E-state index is 6.20. The van der Waals surface area contributed by atoms with Gasteiger partial charge < -0.3 is 15.4 Å². The van der Waals surface area contributed by atoms with E-state index in [4.69, 9.17) is 16.3 Å². The van der Waals surface area contributed by atoms with Crippen molar-refractivity contribution in [1.29, 1.82) is 0 Å². The molecule has 4 nitrogen and oxygen atoms in total. The van der Waals surface area contributed by atoms with Crippen LogP contribution in [0.25, 0.3) is 0 Å². The van der Waals surface area contributed by atoms with Crippen LogP contribution in [0, 0.1) is 11.3 Å². The van der Waals surface area contributed by atoms with Gasteiger partial charge in [0.1, 0.15) is 0 Å². The van der Waals surface area contributed by atoms with Crippen LogP contribution in [0.4, 0.5) is 0 Å². The summed E-state index contributed by atoms with van der Waals surface area (Å²) in [5.41, 5.74) is 1.22. The van der Waals surface area contributed by atoms with Gasteiger partial charge >= 0.3 is 0 Å². The fourth-order valence-corrected chi connectivity index (χ4v) is 3.48. The van der Waals surface area contributed by atoms with E-state index in [1.807, 2.05) is 24.3 Å². The summed E-state index contributed by atoms with van der Waals surface area (Å²) in [4.78, 5) is 4.31. The Hall–Kier alpha value is -0.530. The van der Waals surface area contributed by atoms with Crippen molar-refractivity contribution in [2.75, 3.05) is 20.2 Å². The Labute approximate surface area is 174 Å². The van der Waals surface area contributed by atoms with Gasteiger partial charge in [-0.15, -0.1) is 24.0 Å². The molecule has 2 unspecified atom stereocenters. The van der Waals surface area contributed by atoms with Crippen LogP contribution in [-0.4, -0.2) is 32.3 Å². The summed E-state index contributed by atoms with van der Waals surface area (Å²) in [6, 6.07) is 7.86. The van der Waals surface area contributed by atoms with Crippen molar-refractivity contribution in [1.82, 2.24) is 10.6 Å². The minimum Gasteiger partial charge on any atom is -0.377 e. The Morgan fingerprint density at radius 3 is 2.64 bits per heavy atom. The van der Waals surface area contributed by atoms with Crippen molar-refractivity contribution in [3.05, 3.63) is 34.9 Å². The lowest BCUT2D eigenvalue weighted by atomic mass is 9.78. The molecule has 0 aromatic heterocycles. The molecule has 25 heavy (non-hydrogen) atoms. The molecule has 0 aliphatic carbocycles. The highest BCUT2D eigenvalue weighted by Gasteiger charge is 2.35. The Balaban J connectivity index is 0.00000312. The first-order valence-corrected chi connectivity index (χ1v) is 9.09. The first-order chi connectivity index (χ1) is 11.4. The van der Waals surface area contributed by atoms with E-state index in [1.165, 1.54) is 6.42 Å². The molecule has 2 rings (SSSR count). The third-order valence-corrected chi connectivity index (χ3v) is 4.83. The molecule has 0 amide bonds. The van der Waals surface area contributed by atoms with Crippen molar-refractivity contribution in [3.63, 3.8) is 0 Å². The number of nitrogens with zero attached hydrogens (tertiary/aromatic N) is 1. The van der Waals surface area contributed by atoms with Crippen molar-refractivity contribution >= 4 is 41.5 Å². The van der Waals surface area contributed by atoms with Gasteiger partial charge in [0.05, 0.1) is 6.10 Å². The standard InChI is InChI=1S/C19H30ClN3O.HI/c1-19(2,3)17-15(9-7-11-24-17)13-23-18(21-4)22-12-14-8-5-6-10-16(14)20;/h5-6,8,10,15,17H,7,9,11-13H2,1-4H3,(H2,21,22,23);1H. The molecule has 1 aliphatic heterocycles. The van der Waals surface area contributed by atoms with Crippen molar-refractivity contribution in [3.8, 4) is 0 Å². The number of guanidine groups is 1. The quantitative estimate of drug-likeness (QED) is 0.381. The van der Waals surface area contributed by atoms with Gasteiger partial charge in [-0.2, -0.15) is 0 Å². The van der Waals surface area contributed by atoms with Gasteiger partial charge in [0.25, 0.3) is 0 Å². The number of hydrogen-bond acceptors (Lipinski definition) is 2. The molecule has 2 N–H and O–H groups in total. The van der Waals surface area contributed by atoms with Crippen LogP contribution in [0.1, 0.15) is 39.2 Å². The van der Waals surface area contributed by atoms with Crippen LogP contribution in [0.5, 0.6) is 0 Å². The molecule has 0 bridgehead atoms. The van der Waals surface area contributed by atoms with Gasteiger partial charge in [-0.1, -0.05) is 50.6 Å². The summed E-state index contributed by atoms with van der Waals surface area (Å²) < 4.78 is 6.05. The average Bonchev–Trinajstić information content (AvgIpc) is 2.56. The summed E-state index contributed by atoms with van der Waals surface area (Å²) in [6.45, 7) is 9.15. The molecule has 2 atom stereocenters. The lowest BCUT2D eigenvalue weighted by Gasteiger charge is -2.40. The molecule has 1 aromatic rings. The fourth-order valence-electron chi connectivity index (χ4n) is 3.28. The summed E-state index contributed by atoms with van der Waals surface area (Å²) in [7, 11) is 1.79. The molecule has 1 aliphatic rings. The Morgan fingerprint density at radius 1 is 1.28 bits per heavy atom. The lowest BCUT2D eigenvalue weighted by Crippen LogP contribution is -2.47. The molecule has 1 saturated heterocycles. The molecular formula is C19H31ClIN3O. The number of aliphatic imine (C=N–C) groups is 1. The molecule has 1 heterocycles. The average molecular weight is 480 g/mol. The van der Waals surface area contributed by atoms with Crippen LogP contribution >= 0.6 is 35.6 Å². The highest BCUT2D eigenvalue weighted by molar-refractivity contribution is 14.0. The van der Waals surface area contributed by atoms with E-state index < -0.39 is 0 Å². The minimum absolute atomic E-state index is 0. The number of benzene rings is 1. The zero-order valence-corrected chi connectivity index (χ0v) is 18.7. The van der Waals surface area contributed by atoms with Crippen LogP contribution in [0.15, 0.2) is 29.3 Å². The topological polar surface area (TPSA) is 45.7 Å². The number of nitrogens with one attached hydrogen (secondary N) is 2. The summed E-state index contributed by atoms with van der Waals surface area (Å²) in [5.74, 6) is 1.30. The second-order valence-electron chi connectivity index (χ2n) is 7.46. The Kier molecular flexibility index (Phi) is 9.52. The first-order valence-electron chi connectivity index (χ1n) is 8.71. The largest absolute Gasteiger partial charge is 0.377 e. The minimum atomic E-state index is 0. The van der Waals surface area contributed by atoms with Gasteiger partial charge in [0.15, 0.2) is 5.96 Å². The third-order valence-electron chi connectivity index (χ3n) is 4.46. The van der Waals surface area contributed by atoms with Gasteiger partial charge in [-0.3, -0.25) is 4.99 Å². The number of halogens is 2. The van der Waals surface area contributed by atoms with Gasteiger partial charge in [-0.25, -0.2) is 0 Å². The van der Waals surface area contributed by atoms with E-state index in [2.05, 4.69) is 36.4 Å². The zero-order chi connectivity index (χ0) is 17.6. The second-order valence-corrected chi connectivity index (χ2v) is 7.87. The number of hydrogen-bond donors (Lipinski definition) is 2. The molecule has 1 fully saturated rings. The van der Waals surface area contributed by atoms with Crippen LogP contribution < -0.4 is 10.6 Å². The highest BCUT2D eigenvalue weighted by atomic mass is 127. The number of rotatable bonds is 4. The molecule has 0 spiro atoms. The Morgan fingerprint density at radius 2 is 2.00 bits per heavy atom. The molecular weight excluding hydrogens is 449 g/mol. The normalized spacial score (nSPS) is 21.4. The van der Waals surface area contributed by atoms with E-state index >= 15 is 0 Å². The van der Waals surface area contributed by atoms with E-state index in [1.54, 1.807) is 7.05 Å². The maximum Gasteiger partial charge on any atom is 0.191 e. The summed E-state index contributed by atoms with van der Waals surface area (Å²) in [6.07, 6.45) is 2.60. The Bertz CT molecular complexity index is 560. The fraction of sp³-hybridized carbons (Fsp3) is 0.632. The van der Waals surface area contributed by atoms with E-state index in [9.17, 15) is 0 Å². The second kappa shape index (κ2) is 10.6. The third kappa shape index (κ3) is 6.94. The molecule has 0 saturated carbocycles.